The molecule has 0 aliphatic carbocycles. The Balaban J connectivity index is 2.16. The van der Waals surface area contributed by atoms with Crippen LogP contribution < -0.4 is 10.7 Å². The maximum absolute atomic E-state index is 14.9. The second kappa shape index (κ2) is 8.66. The number of anilines is 1. The van der Waals surface area contributed by atoms with Gasteiger partial charge in [-0.15, -0.1) is 0 Å². The summed E-state index contributed by atoms with van der Waals surface area (Å²) >= 11 is 0. The summed E-state index contributed by atoms with van der Waals surface area (Å²) < 4.78 is 43.3. The van der Waals surface area contributed by atoms with Gasteiger partial charge in [0.25, 0.3) is 0 Å². The van der Waals surface area contributed by atoms with Crippen molar-refractivity contribution in [3.8, 4) is 0 Å². The summed E-state index contributed by atoms with van der Waals surface area (Å²) in [6.07, 6.45) is 1.11. The average Bonchev–Trinajstić information content (AvgIpc) is 2.68. The number of hydrogen-bond donors (Lipinski definition) is 3. The van der Waals surface area contributed by atoms with Crippen LogP contribution in [0.1, 0.15) is 42.7 Å². The molecule has 0 aliphatic rings. The number of hydrogen-bond acceptors (Lipinski definition) is 4. The van der Waals surface area contributed by atoms with Gasteiger partial charge < -0.3 is 20.1 Å². The van der Waals surface area contributed by atoms with Crippen LogP contribution in [0.5, 0.6) is 0 Å². The van der Waals surface area contributed by atoms with Crippen LogP contribution in [0.15, 0.2) is 41.3 Å². The molecule has 1 heterocycles. The number of nitrogens with one attached hydrogen (secondary N) is 1. The van der Waals surface area contributed by atoms with Gasteiger partial charge in [-0.2, -0.15) is 0 Å². The highest BCUT2D eigenvalue weighted by Crippen LogP contribution is 2.33. The molecule has 0 aliphatic heterocycles. The smallest absolute Gasteiger partial charge is 0.341 e. The Hall–Kier alpha value is -3.33. The largest absolute Gasteiger partial charge is 0.477 e. The van der Waals surface area contributed by atoms with Crippen molar-refractivity contribution in [1.82, 2.24) is 4.57 Å². The first-order valence-electron chi connectivity index (χ1n) is 9.84. The molecule has 0 bridgehead atoms. The topological polar surface area (TPSA) is 91.6 Å². The molecular formula is C23H23F3N2O4. The van der Waals surface area contributed by atoms with E-state index in [0.717, 1.165) is 24.4 Å². The molecule has 0 saturated heterocycles. The molecule has 0 fully saturated rings. The number of pyridine rings is 1. The first-order chi connectivity index (χ1) is 14.9. The van der Waals surface area contributed by atoms with E-state index in [1.54, 1.807) is 0 Å². The van der Waals surface area contributed by atoms with Crippen molar-refractivity contribution in [2.45, 2.75) is 33.4 Å². The van der Waals surface area contributed by atoms with Crippen LogP contribution in [0, 0.1) is 22.9 Å². The minimum absolute atomic E-state index is 0.0731. The van der Waals surface area contributed by atoms with Crippen LogP contribution in [-0.4, -0.2) is 27.4 Å². The molecule has 0 spiro atoms. The molecule has 0 radical (unpaired) electrons. The highest BCUT2D eigenvalue weighted by molar-refractivity contribution is 5.93. The number of halogens is 3. The standard InChI is InChI=1S/C23H23F3N2O4/c1-23(2,3)20(11-29)28-10-15(22(31)32)21(30)14-7-18(17(26)8-19(14)28)27-9-12-4-5-13(24)6-16(12)25/h4-8,10,20,27,29H,9,11H2,1-3H3,(H,31,32). The number of rotatable bonds is 6. The molecule has 1 atom stereocenters. The van der Waals surface area contributed by atoms with Crippen LogP contribution in [0.3, 0.4) is 0 Å². The number of carboxylic acid groups (broad SMARTS) is 1. The normalized spacial score (nSPS) is 12.7. The van der Waals surface area contributed by atoms with E-state index in [2.05, 4.69) is 5.32 Å². The Labute approximate surface area is 181 Å². The third-order valence-corrected chi connectivity index (χ3v) is 5.34. The molecule has 0 amide bonds. The number of aliphatic hydroxyl groups is 1. The van der Waals surface area contributed by atoms with Gasteiger partial charge >= 0.3 is 5.97 Å². The number of aromatic nitrogens is 1. The molecule has 1 aromatic heterocycles. The van der Waals surface area contributed by atoms with Gasteiger partial charge in [0.15, 0.2) is 0 Å². The molecular weight excluding hydrogens is 425 g/mol. The Morgan fingerprint density at radius 3 is 2.38 bits per heavy atom. The maximum atomic E-state index is 14.9. The zero-order valence-electron chi connectivity index (χ0n) is 17.7. The predicted octanol–water partition coefficient (Wildman–Crippen LogP) is 4.31. The van der Waals surface area contributed by atoms with Gasteiger partial charge in [-0.3, -0.25) is 4.79 Å². The first-order valence-corrected chi connectivity index (χ1v) is 9.84. The molecule has 3 aromatic rings. The molecule has 3 N–H and O–H groups in total. The Kier molecular flexibility index (Phi) is 6.32. The van der Waals surface area contributed by atoms with Gasteiger partial charge in [-0.05, 0) is 17.5 Å². The Morgan fingerprint density at radius 1 is 1.12 bits per heavy atom. The van der Waals surface area contributed by atoms with E-state index in [9.17, 15) is 33.0 Å². The summed E-state index contributed by atoms with van der Waals surface area (Å²) in [7, 11) is 0. The number of aliphatic hydroxyl groups excluding tert-OH is 1. The first kappa shape index (κ1) is 23.3. The van der Waals surface area contributed by atoms with Crippen molar-refractivity contribution in [2.75, 3.05) is 11.9 Å². The van der Waals surface area contributed by atoms with Crippen LogP contribution >= 0.6 is 0 Å². The van der Waals surface area contributed by atoms with Gasteiger partial charge in [-0.1, -0.05) is 26.8 Å². The molecule has 1 unspecified atom stereocenters. The lowest BCUT2D eigenvalue weighted by molar-refractivity contribution is 0.0692. The lowest BCUT2D eigenvalue weighted by atomic mass is 9.86. The Bertz CT molecular complexity index is 1250. The molecule has 2 aromatic carbocycles. The van der Waals surface area contributed by atoms with Gasteiger partial charge in [-0.25, -0.2) is 18.0 Å². The number of fused-ring (bicyclic) bond motifs is 1. The predicted molar refractivity (Wildman–Crippen MR) is 114 cm³/mol. The van der Waals surface area contributed by atoms with Gasteiger partial charge in [0, 0.05) is 35.8 Å². The number of aromatic carboxylic acids is 1. The molecule has 32 heavy (non-hydrogen) atoms. The molecule has 3 rings (SSSR count). The molecule has 6 nitrogen and oxygen atoms in total. The summed E-state index contributed by atoms with van der Waals surface area (Å²) in [6.45, 7) is 4.90. The summed E-state index contributed by atoms with van der Waals surface area (Å²) in [4.78, 5) is 24.5. The second-order valence-corrected chi connectivity index (χ2v) is 8.59. The van der Waals surface area contributed by atoms with Crippen LogP contribution in [0.4, 0.5) is 18.9 Å². The summed E-state index contributed by atoms with van der Waals surface area (Å²) in [5.41, 5.74) is -1.84. The lowest BCUT2D eigenvalue weighted by Gasteiger charge is -2.33. The summed E-state index contributed by atoms with van der Waals surface area (Å²) in [5, 5.41) is 22.0. The highest BCUT2D eigenvalue weighted by atomic mass is 19.1. The number of benzene rings is 2. The monoisotopic (exact) mass is 448 g/mol. The van der Waals surface area contributed by atoms with E-state index in [4.69, 9.17) is 0 Å². The van der Waals surface area contributed by atoms with Crippen LogP contribution in [0.2, 0.25) is 0 Å². The SMILES string of the molecule is CC(C)(C)C(CO)n1cc(C(=O)O)c(=O)c2cc(NCc3ccc(F)cc3F)c(F)cc21. The minimum atomic E-state index is -1.46. The number of carboxylic acids is 1. The van der Waals surface area contributed by atoms with Crippen LogP contribution in [0.25, 0.3) is 10.9 Å². The van der Waals surface area contributed by atoms with Gasteiger partial charge in [0.2, 0.25) is 5.43 Å². The van der Waals surface area contributed by atoms with E-state index >= 15 is 0 Å². The van der Waals surface area contributed by atoms with Crippen molar-refractivity contribution in [3.63, 3.8) is 0 Å². The quantitative estimate of drug-likeness (QED) is 0.523. The molecule has 0 saturated carbocycles. The number of carbonyl (C=O) groups is 1. The highest BCUT2D eigenvalue weighted by Gasteiger charge is 2.28. The summed E-state index contributed by atoms with van der Waals surface area (Å²) in [5.74, 6) is -3.78. The van der Waals surface area contributed by atoms with Gasteiger partial charge in [0.1, 0.15) is 23.0 Å². The van der Waals surface area contributed by atoms with E-state index in [1.165, 1.54) is 10.6 Å². The van der Waals surface area contributed by atoms with Crippen molar-refractivity contribution in [3.05, 3.63) is 75.3 Å². The van der Waals surface area contributed by atoms with E-state index in [1.807, 2.05) is 20.8 Å². The van der Waals surface area contributed by atoms with Gasteiger partial charge in [0.05, 0.1) is 23.9 Å². The minimum Gasteiger partial charge on any atom is -0.477 e. The third kappa shape index (κ3) is 4.47. The van der Waals surface area contributed by atoms with Crippen molar-refractivity contribution < 1.29 is 28.2 Å². The third-order valence-electron chi connectivity index (χ3n) is 5.34. The van der Waals surface area contributed by atoms with Crippen LogP contribution in [-0.2, 0) is 6.54 Å². The van der Waals surface area contributed by atoms with E-state index in [0.29, 0.717) is 6.07 Å². The molecule has 9 heteroatoms. The van der Waals surface area contributed by atoms with E-state index < -0.39 is 45.9 Å². The fourth-order valence-corrected chi connectivity index (χ4v) is 3.55. The lowest BCUT2D eigenvalue weighted by Crippen LogP contribution is -2.30. The van der Waals surface area contributed by atoms with E-state index in [-0.39, 0.29) is 35.3 Å². The number of nitrogens with zero attached hydrogens (tertiary/aromatic N) is 1. The maximum Gasteiger partial charge on any atom is 0.341 e. The van der Waals surface area contributed by atoms with Crippen molar-refractivity contribution in [1.29, 1.82) is 0 Å². The zero-order valence-corrected chi connectivity index (χ0v) is 17.7. The Morgan fingerprint density at radius 2 is 1.81 bits per heavy atom. The fraction of sp³-hybridized carbons (Fsp3) is 0.304. The molecule has 170 valence electrons. The second-order valence-electron chi connectivity index (χ2n) is 8.59. The fourth-order valence-electron chi connectivity index (χ4n) is 3.55. The zero-order chi connectivity index (χ0) is 23.8. The van der Waals surface area contributed by atoms with Crippen molar-refractivity contribution >= 4 is 22.6 Å². The van der Waals surface area contributed by atoms with Crippen molar-refractivity contribution in [2.24, 2.45) is 5.41 Å². The average molecular weight is 448 g/mol. The summed E-state index contributed by atoms with van der Waals surface area (Å²) in [6, 6.07) is 4.56.